The molecule has 1 heteroatoms. The molecule has 0 bridgehead atoms. The Bertz CT molecular complexity index is 187. The van der Waals surface area contributed by atoms with E-state index in [1.807, 2.05) is 0 Å². The van der Waals surface area contributed by atoms with Gasteiger partial charge in [0.05, 0.1) is 0 Å². The quantitative estimate of drug-likeness (QED) is 0.661. The topological polar surface area (TPSA) is 26.0 Å². The molecule has 1 atom stereocenters. The van der Waals surface area contributed by atoms with E-state index in [1.54, 1.807) is 0 Å². The van der Waals surface area contributed by atoms with Gasteiger partial charge in [-0.25, -0.2) is 0 Å². The molecule has 2 N–H and O–H groups in total. The third kappa shape index (κ3) is 1.16. The van der Waals surface area contributed by atoms with E-state index in [4.69, 9.17) is 5.73 Å². The second-order valence-corrected chi connectivity index (χ2v) is 5.58. The predicted octanol–water partition coefficient (Wildman–Crippen LogP) is 2.94. The Balaban J connectivity index is 2.12. The van der Waals surface area contributed by atoms with Gasteiger partial charge in [-0.15, -0.1) is 0 Å². The minimum absolute atomic E-state index is 0.548. The van der Waals surface area contributed by atoms with Crippen LogP contribution in [-0.4, -0.2) is 6.54 Å². The highest BCUT2D eigenvalue weighted by Gasteiger charge is 2.68. The maximum absolute atomic E-state index is 5.87. The van der Waals surface area contributed by atoms with Crippen LogP contribution in [0, 0.1) is 16.7 Å². The van der Waals surface area contributed by atoms with Crippen molar-refractivity contribution in [1.82, 2.24) is 0 Å². The summed E-state index contributed by atoms with van der Waals surface area (Å²) in [6, 6.07) is 0. The summed E-state index contributed by atoms with van der Waals surface area (Å²) in [6.07, 6.45) is 8.69. The van der Waals surface area contributed by atoms with E-state index in [-0.39, 0.29) is 0 Å². The van der Waals surface area contributed by atoms with Crippen LogP contribution in [0.1, 0.15) is 52.4 Å². The van der Waals surface area contributed by atoms with Crippen molar-refractivity contribution in [3.63, 3.8) is 0 Å². The molecule has 0 saturated heterocycles. The van der Waals surface area contributed by atoms with Gasteiger partial charge in [0.1, 0.15) is 0 Å². The Morgan fingerprint density at radius 2 is 1.62 bits per heavy atom. The maximum Gasteiger partial charge on any atom is -0.00380 e. The molecule has 76 valence electrons. The lowest BCUT2D eigenvalue weighted by Crippen LogP contribution is -2.10. The molecule has 1 nitrogen and oxygen atoms in total. The number of hydrogen-bond acceptors (Lipinski definition) is 1. The SMILES string of the molecule is CC1(C)C(CN)C12CCCCCC2. The lowest BCUT2D eigenvalue weighted by atomic mass is 9.88. The van der Waals surface area contributed by atoms with Gasteiger partial charge in [-0.2, -0.15) is 0 Å². The van der Waals surface area contributed by atoms with E-state index < -0.39 is 0 Å². The summed E-state index contributed by atoms with van der Waals surface area (Å²) < 4.78 is 0. The van der Waals surface area contributed by atoms with Gasteiger partial charge >= 0.3 is 0 Å². The molecule has 0 aromatic heterocycles. The summed E-state index contributed by atoms with van der Waals surface area (Å²) >= 11 is 0. The fourth-order valence-corrected chi connectivity index (χ4v) is 3.93. The van der Waals surface area contributed by atoms with Crippen LogP contribution in [0.3, 0.4) is 0 Å². The van der Waals surface area contributed by atoms with E-state index in [0.29, 0.717) is 10.8 Å². The molecule has 2 aliphatic carbocycles. The molecular formula is C12H23N. The highest BCUT2D eigenvalue weighted by Crippen LogP contribution is 2.73. The molecule has 2 aliphatic rings. The molecule has 0 amide bonds. The second kappa shape index (κ2) is 2.98. The van der Waals surface area contributed by atoms with Crippen molar-refractivity contribution in [2.24, 2.45) is 22.5 Å². The molecule has 13 heavy (non-hydrogen) atoms. The fraction of sp³-hybridized carbons (Fsp3) is 1.00. The van der Waals surface area contributed by atoms with Gasteiger partial charge in [0.15, 0.2) is 0 Å². The van der Waals surface area contributed by atoms with Crippen LogP contribution in [-0.2, 0) is 0 Å². The first kappa shape index (κ1) is 9.51. The average Bonchev–Trinajstić information content (AvgIpc) is 2.66. The number of rotatable bonds is 1. The molecular weight excluding hydrogens is 158 g/mol. The van der Waals surface area contributed by atoms with Crippen molar-refractivity contribution >= 4 is 0 Å². The van der Waals surface area contributed by atoms with Gasteiger partial charge in [-0.05, 0) is 36.1 Å². The van der Waals surface area contributed by atoms with Gasteiger partial charge in [0.2, 0.25) is 0 Å². The van der Waals surface area contributed by atoms with Crippen LogP contribution in [0.5, 0.6) is 0 Å². The van der Waals surface area contributed by atoms with Crippen LogP contribution in [0.25, 0.3) is 0 Å². The Morgan fingerprint density at radius 1 is 1.08 bits per heavy atom. The summed E-state index contributed by atoms with van der Waals surface area (Å²) in [7, 11) is 0. The van der Waals surface area contributed by atoms with Crippen molar-refractivity contribution < 1.29 is 0 Å². The Morgan fingerprint density at radius 3 is 2.00 bits per heavy atom. The van der Waals surface area contributed by atoms with Crippen molar-refractivity contribution in [2.45, 2.75) is 52.4 Å². The Labute approximate surface area is 82.1 Å². The van der Waals surface area contributed by atoms with Crippen molar-refractivity contribution in [2.75, 3.05) is 6.54 Å². The van der Waals surface area contributed by atoms with Gasteiger partial charge < -0.3 is 5.73 Å². The van der Waals surface area contributed by atoms with E-state index in [2.05, 4.69) is 13.8 Å². The van der Waals surface area contributed by atoms with Gasteiger partial charge in [-0.1, -0.05) is 39.5 Å². The molecule has 0 heterocycles. The highest BCUT2D eigenvalue weighted by molar-refractivity contribution is 5.17. The van der Waals surface area contributed by atoms with Crippen LogP contribution >= 0.6 is 0 Å². The molecule has 1 spiro atoms. The molecule has 0 aromatic carbocycles. The van der Waals surface area contributed by atoms with Crippen LogP contribution in [0.15, 0.2) is 0 Å². The molecule has 2 fully saturated rings. The fourth-order valence-electron chi connectivity index (χ4n) is 3.93. The van der Waals surface area contributed by atoms with Gasteiger partial charge in [-0.3, -0.25) is 0 Å². The van der Waals surface area contributed by atoms with Gasteiger partial charge in [0.25, 0.3) is 0 Å². The molecule has 2 saturated carbocycles. The summed E-state index contributed by atoms with van der Waals surface area (Å²) in [4.78, 5) is 0. The standard InChI is InChI=1S/C12H23N/c1-11(2)10(9-13)12(11)7-5-3-4-6-8-12/h10H,3-9,13H2,1-2H3. The summed E-state index contributed by atoms with van der Waals surface area (Å²) in [5.74, 6) is 0.818. The first-order chi connectivity index (χ1) is 6.15. The van der Waals surface area contributed by atoms with E-state index >= 15 is 0 Å². The zero-order valence-electron chi connectivity index (χ0n) is 9.10. The molecule has 0 radical (unpaired) electrons. The smallest absolute Gasteiger partial charge is 0.00380 e. The Kier molecular flexibility index (Phi) is 2.18. The maximum atomic E-state index is 5.87. The Hall–Kier alpha value is -0.0400. The molecule has 1 unspecified atom stereocenters. The van der Waals surface area contributed by atoms with E-state index in [9.17, 15) is 0 Å². The second-order valence-electron chi connectivity index (χ2n) is 5.58. The zero-order valence-corrected chi connectivity index (χ0v) is 9.10. The van der Waals surface area contributed by atoms with Crippen LogP contribution in [0.4, 0.5) is 0 Å². The first-order valence-corrected chi connectivity index (χ1v) is 5.85. The van der Waals surface area contributed by atoms with Crippen molar-refractivity contribution in [3.05, 3.63) is 0 Å². The van der Waals surface area contributed by atoms with E-state index in [1.165, 1.54) is 38.5 Å². The van der Waals surface area contributed by atoms with E-state index in [0.717, 1.165) is 12.5 Å². The zero-order chi connectivity index (χ0) is 9.53. The minimum atomic E-state index is 0.548. The molecule has 2 rings (SSSR count). The summed E-state index contributed by atoms with van der Waals surface area (Å²) in [6.45, 7) is 5.76. The number of nitrogens with two attached hydrogens (primary N) is 1. The summed E-state index contributed by atoms with van der Waals surface area (Å²) in [5.41, 5.74) is 7.06. The number of hydrogen-bond donors (Lipinski definition) is 1. The van der Waals surface area contributed by atoms with Crippen molar-refractivity contribution in [1.29, 1.82) is 0 Å². The third-order valence-electron chi connectivity index (χ3n) is 4.97. The van der Waals surface area contributed by atoms with Crippen LogP contribution < -0.4 is 5.73 Å². The summed E-state index contributed by atoms with van der Waals surface area (Å²) in [5, 5.41) is 0. The normalized spacial score (nSPS) is 35.8. The predicted molar refractivity (Wildman–Crippen MR) is 56.5 cm³/mol. The van der Waals surface area contributed by atoms with Gasteiger partial charge in [0, 0.05) is 0 Å². The monoisotopic (exact) mass is 181 g/mol. The molecule has 0 aromatic rings. The minimum Gasteiger partial charge on any atom is -0.330 e. The van der Waals surface area contributed by atoms with Crippen LogP contribution in [0.2, 0.25) is 0 Å². The average molecular weight is 181 g/mol. The lowest BCUT2D eigenvalue weighted by Gasteiger charge is -2.17. The van der Waals surface area contributed by atoms with Crippen molar-refractivity contribution in [3.8, 4) is 0 Å². The third-order valence-corrected chi connectivity index (χ3v) is 4.97. The highest BCUT2D eigenvalue weighted by atomic mass is 14.8. The largest absolute Gasteiger partial charge is 0.330 e. The lowest BCUT2D eigenvalue weighted by molar-refractivity contribution is 0.332. The first-order valence-electron chi connectivity index (χ1n) is 5.85. The molecule has 0 aliphatic heterocycles.